The van der Waals surface area contributed by atoms with Crippen LogP contribution in [0.15, 0.2) is 42.6 Å². The maximum absolute atomic E-state index is 11.9. The standard InChI is InChI=1S/C19H24N2O3S/c22-25(23)14-13-21-12-4-7-18(19(21)20-25)15-8-10-17(11-9-15)24-16-5-2-1-3-6-16/h4,7-12,16,19-20H,1-3,5-6,13-14H2. The maximum Gasteiger partial charge on any atom is 0.215 e. The lowest BCUT2D eigenvalue weighted by molar-refractivity contribution is 0.155. The van der Waals surface area contributed by atoms with Crippen molar-refractivity contribution >= 4 is 15.6 Å². The van der Waals surface area contributed by atoms with Crippen molar-refractivity contribution in [1.82, 2.24) is 9.62 Å². The second-order valence-corrected chi connectivity index (χ2v) is 8.82. The molecule has 134 valence electrons. The molecule has 1 saturated heterocycles. The lowest BCUT2D eigenvalue weighted by Crippen LogP contribution is -2.54. The summed E-state index contributed by atoms with van der Waals surface area (Å²) in [7, 11) is -3.21. The molecule has 1 aromatic rings. The number of hydrogen-bond donors (Lipinski definition) is 1. The largest absolute Gasteiger partial charge is 0.490 e. The molecule has 6 heteroatoms. The van der Waals surface area contributed by atoms with E-state index >= 15 is 0 Å². The Balaban J connectivity index is 1.50. The molecule has 1 unspecified atom stereocenters. The summed E-state index contributed by atoms with van der Waals surface area (Å²) in [6.45, 7) is 0.511. The first-order valence-corrected chi connectivity index (χ1v) is 10.7. The van der Waals surface area contributed by atoms with Crippen LogP contribution in [-0.4, -0.2) is 37.9 Å². The van der Waals surface area contributed by atoms with Gasteiger partial charge in [0.25, 0.3) is 0 Å². The second kappa shape index (κ2) is 6.84. The van der Waals surface area contributed by atoms with Crippen LogP contribution >= 0.6 is 0 Å². The van der Waals surface area contributed by atoms with Crippen LogP contribution in [0.4, 0.5) is 0 Å². The van der Waals surface area contributed by atoms with Crippen molar-refractivity contribution in [3.05, 3.63) is 48.2 Å². The summed E-state index contributed by atoms with van der Waals surface area (Å²) in [4.78, 5) is 2.03. The molecule has 2 heterocycles. The van der Waals surface area contributed by atoms with E-state index in [-0.39, 0.29) is 11.9 Å². The molecule has 0 bridgehead atoms. The predicted molar refractivity (Wildman–Crippen MR) is 98.5 cm³/mol. The lowest BCUT2D eigenvalue weighted by Gasteiger charge is -2.38. The van der Waals surface area contributed by atoms with Crippen molar-refractivity contribution < 1.29 is 13.2 Å². The molecule has 3 aliphatic rings. The molecule has 1 N–H and O–H groups in total. The monoisotopic (exact) mass is 360 g/mol. The zero-order chi connectivity index (χ0) is 17.3. The van der Waals surface area contributed by atoms with E-state index in [1.165, 1.54) is 19.3 Å². The van der Waals surface area contributed by atoms with Gasteiger partial charge in [0.2, 0.25) is 10.0 Å². The highest BCUT2D eigenvalue weighted by molar-refractivity contribution is 7.89. The van der Waals surface area contributed by atoms with Crippen LogP contribution in [0.1, 0.15) is 37.7 Å². The van der Waals surface area contributed by atoms with Gasteiger partial charge in [-0.3, -0.25) is 0 Å². The van der Waals surface area contributed by atoms with Gasteiger partial charge in [0, 0.05) is 12.7 Å². The summed E-state index contributed by atoms with van der Waals surface area (Å²) < 4.78 is 32.8. The fourth-order valence-electron chi connectivity index (χ4n) is 3.76. The minimum absolute atomic E-state index is 0.134. The van der Waals surface area contributed by atoms with Crippen molar-refractivity contribution in [1.29, 1.82) is 0 Å². The molecule has 0 amide bonds. The van der Waals surface area contributed by atoms with Gasteiger partial charge in [0.15, 0.2) is 0 Å². The van der Waals surface area contributed by atoms with Gasteiger partial charge in [-0.25, -0.2) is 8.42 Å². The first-order chi connectivity index (χ1) is 12.1. The van der Waals surface area contributed by atoms with Gasteiger partial charge in [-0.2, -0.15) is 4.72 Å². The van der Waals surface area contributed by atoms with E-state index in [0.717, 1.165) is 29.7 Å². The molecule has 0 radical (unpaired) electrons. The van der Waals surface area contributed by atoms with Crippen LogP contribution in [0.3, 0.4) is 0 Å². The summed E-state index contributed by atoms with van der Waals surface area (Å²) in [5.74, 6) is 1.03. The third kappa shape index (κ3) is 3.75. The van der Waals surface area contributed by atoms with Gasteiger partial charge in [0.05, 0.1) is 11.9 Å². The quantitative estimate of drug-likeness (QED) is 0.900. The zero-order valence-corrected chi connectivity index (χ0v) is 15.0. The van der Waals surface area contributed by atoms with Gasteiger partial charge >= 0.3 is 0 Å². The Labute approximate surface area is 149 Å². The molecule has 1 atom stereocenters. The Bertz CT molecular complexity index is 777. The highest BCUT2D eigenvalue weighted by Crippen LogP contribution is 2.29. The van der Waals surface area contributed by atoms with Crippen molar-refractivity contribution in [2.45, 2.75) is 44.4 Å². The van der Waals surface area contributed by atoms with Crippen molar-refractivity contribution in [2.24, 2.45) is 0 Å². The number of fused-ring (bicyclic) bond motifs is 1. The number of allylic oxidation sites excluding steroid dienone is 2. The molecular weight excluding hydrogens is 336 g/mol. The minimum Gasteiger partial charge on any atom is -0.490 e. The van der Waals surface area contributed by atoms with E-state index < -0.39 is 10.0 Å². The summed E-state index contributed by atoms with van der Waals surface area (Å²) in [6, 6.07) is 8.02. The minimum atomic E-state index is -3.21. The van der Waals surface area contributed by atoms with Gasteiger partial charge in [-0.15, -0.1) is 0 Å². The van der Waals surface area contributed by atoms with Crippen LogP contribution in [0.25, 0.3) is 5.57 Å². The van der Waals surface area contributed by atoms with E-state index in [4.69, 9.17) is 4.74 Å². The van der Waals surface area contributed by atoms with Crippen molar-refractivity contribution in [3.63, 3.8) is 0 Å². The highest BCUT2D eigenvalue weighted by atomic mass is 32.2. The second-order valence-electron chi connectivity index (χ2n) is 6.94. The highest BCUT2D eigenvalue weighted by Gasteiger charge is 2.32. The molecule has 2 fully saturated rings. The molecule has 2 aliphatic heterocycles. The van der Waals surface area contributed by atoms with E-state index in [0.29, 0.717) is 12.6 Å². The number of sulfonamides is 1. The fourth-order valence-corrected chi connectivity index (χ4v) is 4.93. The average Bonchev–Trinajstić information content (AvgIpc) is 2.62. The summed E-state index contributed by atoms with van der Waals surface area (Å²) in [6.07, 6.45) is 12.0. The van der Waals surface area contributed by atoms with Crippen molar-refractivity contribution in [2.75, 3.05) is 12.3 Å². The third-order valence-corrected chi connectivity index (χ3v) is 6.43. The molecular formula is C19H24N2O3S. The molecule has 4 rings (SSSR count). The summed E-state index contributed by atoms with van der Waals surface area (Å²) >= 11 is 0. The average molecular weight is 360 g/mol. The van der Waals surface area contributed by atoms with Crippen LogP contribution in [0.5, 0.6) is 5.75 Å². The molecule has 25 heavy (non-hydrogen) atoms. The Morgan fingerprint density at radius 2 is 1.84 bits per heavy atom. The molecule has 1 aromatic carbocycles. The number of rotatable bonds is 3. The number of ether oxygens (including phenoxy) is 1. The predicted octanol–water partition coefficient (Wildman–Crippen LogP) is 2.87. The van der Waals surface area contributed by atoms with E-state index in [1.54, 1.807) is 0 Å². The topological polar surface area (TPSA) is 58.6 Å². The Kier molecular flexibility index (Phi) is 4.56. The van der Waals surface area contributed by atoms with Crippen LogP contribution in [-0.2, 0) is 10.0 Å². The third-order valence-electron chi connectivity index (χ3n) is 5.13. The summed E-state index contributed by atoms with van der Waals surface area (Å²) in [5.41, 5.74) is 1.98. The van der Waals surface area contributed by atoms with Crippen molar-refractivity contribution in [3.8, 4) is 5.75 Å². The first kappa shape index (κ1) is 16.7. The van der Waals surface area contributed by atoms with E-state index in [1.807, 2.05) is 47.5 Å². The fraction of sp³-hybridized carbons (Fsp3) is 0.474. The smallest absolute Gasteiger partial charge is 0.215 e. The number of benzene rings is 1. The summed E-state index contributed by atoms with van der Waals surface area (Å²) in [5, 5.41) is 0. The molecule has 0 aromatic heterocycles. The van der Waals surface area contributed by atoms with Gasteiger partial charge in [0.1, 0.15) is 11.9 Å². The van der Waals surface area contributed by atoms with E-state index in [2.05, 4.69) is 4.72 Å². The van der Waals surface area contributed by atoms with Crippen LogP contribution in [0, 0.1) is 0 Å². The normalized spacial score (nSPS) is 26.0. The van der Waals surface area contributed by atoms with Gasteiger partial charge < -0.3 is 9.64 Å². The number of nitrogens with one attached hydrogen (secondary N) is 1. The number of nitrogens with zero attached hydrogens (tertiary/aromatic N) is 1. The Morgan fingerprint density at radius 3 is 2.60 bits per heavy atom. The zero-order valence-electron chi connectivity index (χ0n) is 14.2. The maximum atomic E-state index is 11.9. The van der Waals surface area contributed by atoms with Gasteiger partial charge in [-0.1, -0.05) is 24.6 Å². The van der Waals surface area contributed by atoms with Crippen LogP contribution in [0.2, 0.25) is 0 Å². The molecule has 1 aliphatic carbocycles. The Morgan fingerprint density at radius 1 is 1.08 bits per heavy atom. The lowest BCUT2D eigenvalue weighted by atomic mass is 9.97. The molecule has 0 spiro atoms. The SMILES string of the molecule is O=S1(=O)CCN2C=CC=C(c3ccc(OC4CCCCC4)cc3)C2N1. The first-order valence-electron chi connectivity index (χ1n) is 9.02. The van der Waals surface area contributed by atoms with Crippen LogP contribution < -0.4 is 9.46 Å². The molecule has 1 saturated carbocycles. The number of hydrogen-bond acceptors (Lipinski definition) is 4. The van der Waals surface area contributed by atoms with E-state index in [9.17, 15) is 8.42 Å². The Hall–Kier alpha value is -1.79. The molecule has 5 nitrogen and oxygen atoms in total. The van der Waals surface area contributed by atoms with Gasteiger partial charge in [-0.05, 0) is 55.0 Å².